The van der Waals surface area contributed by atoms with Crippen molar-refractivity contribution in [3.8, 4) is 10.8 Å². The van der Waals surface area contributed by atoms with Gasteiger partial charge in [0.2, 0.25) is 0 Å². The van der Waals surface area contributed by atoms with Crippen molar-refractivity contribution in [2.24, 2.45) is 0 Å². The molecule has 0 atom stereocenters. The highest BCUT2D eigenvalue weighted by Crippen LogP contribution is 2.25. The van der Waals surface area contributed by atoms with E-state index in [1.54, 1.807) is 31.4 Å². The van der Waals surface area contributed by atoms with Crippen LogP contribution in [0.4, 0.5) is 0 Å². The molecule has 0 unspecified atom stereocenters. The number of hydrogen-bond acceptors (Lipinski definition) is 6. The number of carbonyl (C=O) groups excluding carboxylic acids is 1. The molecule has 0 radical (unpaired) electrons. The van der Waals surface area contributed by atoms with Gasteiger partial charge < -0.3 is 4.74 Å². The van der Waals surface area contributed by atoms with Gasteiger partial charge in [0.05, 0.1) is 11.6 Å². The van der Waals surface area contributed by atoms with E-state index in [9.17, 15) is 9.59 Å². The number of ketones is 1. The minimum Gasteiger partial charge on any atom is -0.496 e. The van der Waals surface area contributed by atoms with E-state index in [0.29, 0.717) is 20.8 Å². The Morgan fingerprint density at radius 2 is 2.17 bits per heavy atom. The highest BCUT2D eigenvalue weighted by Gasteiger charge is 2.15. The fraction of sp³-hybridized carbons (Fsp3) is 0.143. The van der Waals surface area contributed by atoms with E-state index >= 15 is 0 Å². The summed E-state index contributed by atoms with van der Waals surface area (Å²) in [5.41, 5.74) is 0.00336. The van der Waals surface area contributed by atoms with Crippen LogP contribution in [0.15, 0.2) is 45.0 Å². The standard InChI is InChI=1S/C14H11BrN4O3S/c1-22-12-5-4-9(7-10(12)15)11(20)8-18-14(21)19(17-16-18)13-3-2-6-23-13/h2-7H,8H2,1H3. The minimum atomic E-state index is -0.451. The van der Waals surface area contributed by atoms with Gasteiger partial charge in [-0.2, -0.15) is 9.36 Å². The molecule has 0 aliphatic rings. The average Bonchev–Trinajstić information content (AvgIpc) is 3.18. The number of Topliss-reactive ketones (excluding diaryl/α,β-unsaturated/α-hetero) is 1. The van der Waals surface area contributed by atoms with Crippen LogP contribution in [0.1, 0.15) is 10.4 Å². The van der Waals surface area contributed by atoms with E-state index in [1.165, 1.54) is 16.0 Å². The van der Waals surface area contributed by atoms with Crippen molar-refractivity contribution >= 4 is 33.0 Å². The number of benzene rings is 1. The summed E-state index contributed by atoms with van der Waals surface area (Å²) in [6.45, 7) is -0.178. The van der Waals surface area contributed by atoms with Gasteiger partial charge in [-0.25, -0.2) is 4.79 Å². The number of tetrazole rings is 1. The Morgan fingerprint density at radius 3 is 2.83 bits per heavy atom. The molecule has 3 aromatic rings. The van der Waals surface area contributed by atoms with Crippen molar-refractivity contribution in [2.45, 2.75) is 6.54 Å². The van der Waals surface area contributed by atoms with Crippen LogP contribution in [0, 0.1) is 0 Å². The summed E-state index contributed by atoms with van der Waals surface area (Å²) >= 11 is 4.70. The molecule has 3 rings (SSSR count). The number of rotatable bonds is 5. The quantitative estimate of drug-likeness (QED) is 0.619. The molecule has 0 aliphatic heterocycles. The van der Waals surface area contributed by atoms with Crippen molar-refractivity contribution in [1.29, 1.82) is 0 Å². The lowest BCUT2D eigenvalue weighted by Crippen LogP contribution is -2.27. The van der Waals surface area contributed by atoms with Crippen LogP contribution in [-0.4, -0.2) is 32.7 Å². The summed E-state index contributed by atoms with van der Waals surface area (Å²) in [4.78, 5) is 24.5. The van der Waals surface area contributed by atoms with Crippen molar-refractivity contribution in [1.82, 2.24) is 19.8 Å². The fourth-order valence-electron chi connectivity index (χ4n) is 1.97. The van der Waals surface area contributed by atoms with E-state index in [0.717, 1.165) is 4.68 Å². The molecule has 0 fully saturated rings. The predicted octanol–water partition coefficient (Wildman–Crippen LogP) is 2.14. The van der Waals surface area contributed by atoms with Crippen LogP contribution in [0.25, 0.3) is 5.00 Å². The molecule has 1 aromatic carbocycles. The lowest BCUT2D eigenvalue weighted by Gasteiger charge is -2.05. The normalized spacial score (nSPS) is 10.7. The topological polar surface area (TPSA) is 79.0 Å². The second-order valence-electron chi connectivity index (χ2n) is 4.55. The lowest BCUT2D eigenvalue weighted by molar-refractivity contribution is 0.0965. The SMILES string of the molecule is COc1ccc(C(=O)Cn2nnn(-c3cccs3)c2=O)cc1Br. The molecule has 2 aromatic heterocycles. The molecule has 2 heterocycles. The molecular formula is C14H11BrN4O3S. The Balaban J connectivity index is 1.84. The first kappa shape index (κ1) is 15.6. The summed E-state index contributed by atoms with van der Waals surface area (Å²) in [6.07, 6.45) is 0. The zero-order valence-electron chi connectivity index (χ0n) is 12.0. The first-order valence-electron chi connectivity index (χ1n) is 6.53. The van der Waals surface area contributed by atoms with Gasteiger partial charge >= 0.3 is 5.69 Å². The van der Waals surface area contributed by atoms with Crippen LogP contribution in [-0.2, 0) is 6.54 Å². The Labute approximate surface area is 143 Å². The second-order valence-corrected chi connectivity index (χ2v) is 6.34. The smallest absolute Gasteiger partial charge is 0.369 e. The van der Waals surface area contributed by atoms with Crippen LogP contribution in [0.5, 0.6) is 5.75 Å². The van der Waals surface area contributed by atoms with Crippen LogP contribution >= 0.6 is 27.3 Å². The molecule has 23 heavy (non-hydrogen) atoms. The number of halogens is 1. The molecule has 0 amide bonds. The van der Waals surface area contributed by atoms with Gasteiger partial charge in [-0.05, 0) is 62.1 Å². The van der Waals surface area contributed by atoms with Gasteiger partial charge in [0.1, 0.15) is 17.3 Å². The van der Waals surface area contributed by atoms with Crippen LogP contribution < -0.4 is 10.4 Å². The van der Waals surface area contributed by atoms with Gasteiger partial charge in [0, 0.05) is 5.56 Å². The molecule has 118 valence electrons. The Morgan fingerprint density at radius 1 is 1.35 bits per heavy atom. The first-order valence-corrected chi connectivity index (χ1v) is 8.21. The molecule has 9 heteroatoms. The van der Waals surface area contributed by atoms with Gasteiger partial charge in [-0.3, -0.25) is 4.79 Å². The average molecular weight is 395 g/mol. The monoisotopic (exact) mass is 394 g/mol. The third-order valence-electron chi connectivity index (χ3n) is 3.12. The predicted molar refractivity (Wildman–Crippen MR) is 88.5 cm³/mol. The molecule has 0 bridgehead atoms. The summed E-state index contributed by atoms with van der Waals surface area (Å²) in [7, 11) is 1.55. The zero-order chi connectivity index (χ0) is 16.4. The largest absolute Gasteiger partial charge is 0.496 e. The molecule has 0 saturated heterocycles. The van der Waals surface area contributed by atoms with Crippen molar-refractivity contribution in [3.05, 3.63) is 56.2 Å². The highest BCUT2D eigenvalue weighted by atomic mass is 79.9. The molecular weight excluding hydrogens is 384 g/mol. The third-order valence-corrected chi connectivity index (χ3v) is 4.58. The maximum Gasteiger partial charge on any atom is 0.369 e. The number of thiophene rings is 1. The number of ether oxygens (including phenoxy) is 1. The highest BCUT2D eigenvalue weighted by molar-refractivity contribution is 9.10. The maximum atomic E-state index is 12.3. The molecule has 0 saturated carbocycles. The summed E-state index contributed by atoms with van der Waals surface area (Å²) in [6, 6.07) is 8.54. The van der Waals surface area contributed by atoms with E-state index in [1.807, 2.05) is 11.4 Å². The zero-order valence-corrected chi connectivity index (χ0v) is 14.4. The fourth-order valence-corrected chi connectivity index (χ4v) is 3.18. The Bertz CT molecular complexity index is 901. The van der Waals surface area contributed by atoms with Gasteiger partial charge in [0.15, 0.2) is 5.78 Å². The second kappa shape index (κ2) is 6.47. The minimum absolute atomic E-state index is 0.178. The van der Waals surface area contributed by atoms with E-state index in [2.05, 4.69) is 26.4 Å². The van der Waals surface area contributed by atoms with E-state index in [4.69, 9.17) is 4.74 Å². The number of nitrogens with zero attached hydrogens (tertiary/aromatic N) is 4. The lowest BCUT2D eigenvalue weighted by atomic mass is 10.1. The third kappa shape index (κ3) is 3.10. The molecule has 0 spiro atoms. The van der Waals surface area contributed by atoms with Gasteiger partial charge in [0.25, 0.3) is 0 Å². The van der Waals surface area contributed by atoms with E-state index < -0.39 is 5.69 Å². The van der Waals surface area contributed by atoms with E-state index in [-0.39, 0.29) is 12.3 Å². The molecule has 0 N–H and O–H groups in total. The number of methoxy groups -OCH3 is 1. The number of aromatic nitrogens is 4. The van der Waals surface area contributed by atoms with Gasteiger partial charge in [-0.15, -0.1) is 11.3 Å². The number of carbonyl (C=O) groups is 1. The summed E-state index contributed by atoms with van der Waals surface area (Å²) in [5.74, 6) is 0.385. The molecule has 7 nitrogen and oxygen atoms in total. The van der Waals surface area contributed by atoms with Crippen molar-refractivity contribution in [3.63, 3.8) is 0 Å². The summed E-state index contributed by atoms with van der Waals surface area (Å²) < 4.78 is 8.00. The summed E-state index contributed by atoms with van der Waals surface area (Å²) in [5, 5.41) is 10.0. The first-order chi connectivity index (χ1) is 11.1. The Hall–Kier alpha value is -2.26. The van der Waals surface area contributed by atoms with Crippen molar-refractivity contribution in [2.75, 3.05) is 7.11 Å². The van der Waals surface area contributed by atoms with Crippen LogP contribution in [0.2, 0.25) is 0 Å². The number of hydrogen-bond donors (Lipinski definition) is 0. The maximum absolute atomic E-state index is 12.3. The van der Waals surface area contributed by atoms with Crippen LogP contribution in [0.3, 0.4) is 0 Å². The van der Waals surface area contributed by atoms with Gasteiger partial charge in [-0.1, -0.05) is 0 Å². The molecule has 0 aliphatic carbocycles. The Kier molecular flexibility index (Phi) is 4.39. The van der Waals surface area contributed by atoms with Crippen molar-refractivity contribution < 1.29 is 9.53 Å².